The Hall–Kier alpha value is -5.60. The summed E-state index contributed by atoms with van der Waals surface area (Å²) in [6, 6.07) is 57.5. The van der Waals surface area contributed by atoms with Crippen LogP contribution in [0.25, 0.3) is 33.0 Å². The van der Waals surface area contributed by atoms with Crippen LogP contribution in [0.5, 0.6) is 11.5 Å². The van der Waals surface area contributed by atoms with E-state index in [-0.39, 0.29) is 16.2 Å². The molecule has 0 N–H and O–H groups in total. The van der Waals surface area contributed by atoms with E-state index < -0.39 is 0 Å². The summed E-state index contributed by atoms with van der Waals surface area (Å²) in [6.07, 6.45) is 8.07. The quantitative estimate of drug-likeness (QED) is 0.173. The van der Waals surface area contributed by atoms with Crippen molar-refractivity contribution in [2.24, 2.45) is 29.1 Å². The molecule has 2 nitrogen and oxygen atoms in total. The molecule has 6 atom stereocenters. The standard InChI is InChI=1S/C58H53NO/c1-55(2)26-27-56(3,4)49-32-42(20-24-47(49)55)40-12-9-13-45(31-40)59(44-21-18-38(19-22-44)41-17-16-37-10-5-6-11-39(37)30-41)46-23-25-52-50(34-46)58(48-14-7-8-15-51(48)60-52)53-29-36-28-43-33-54(58)57(43,53)35-36/h5-25,30-32,34,36,43,53-54H,26-29,33,35H2,1-4H3. The van der Waals surface area contributed by atoms with Crippen molar-refractivity contribution in [3.8, 4) is 33.8 Å². The fourth-order valence-corrected chi connectivity index (χ4v) is 14.4. The van der Waals surface area contributed by atoms with Crippen LogP contribution in [0.1, 0.15) is 88.5 Å². The Morgan fingerprint density at radius 1 is 0.467 bits per heavy atom. The van der Waals surface area contributed by atoms with Crippen LogP contribution in [-0.2, 0) is 16.2 Å². The zero-order chi connectivity index (χ0) is 40.2. The van der Waals surface area contributed by atoms with Gasteiger partial charge in [-0.2, -0.15) is 0 Å². The molecule has 2 heteroatoms. The number of ether oxygens (including phenoxy) is 1. The molecule has 0 amide bonds. The molecule has 2 bridgehead atoms. The Bertz CT molecular complexity index is 2920. The molecule has 7 aromatic carbocycles. The highest BCUT2D eigenvalue weighted by Gasteiger charge is 2.84. The molecule has 2 spiro atoms. The summed E-state index contributed by atoms with van der Waals surface area (Å²) in [5.41, 5.74) is 15.3. The van der Waals surface area contributed by atoms with Crippen LogP contribution < -0.4 is 9.64 Å². The molecular weight excluding hydrogens is 727 g/mol. The lowest BCUT2D eigenvalue weighted by atomic mass is 9.26. The van der Waals surface area contributed by atoms with Gasteiger partial charge in [0.2, 0.25) is 0 Å². The zero-order valence-electron chi connectivity index (χ0n) is 35.3. The topological polar surface area (TPSA) is 12.5 Å². The van der Waals surface area contributed by atoms with E-state index in [2.05, 4.69) is 184 Å². The van der Waals surface area contributed by atoms with Crippen molar-refractivity contribution in [2.75, 3.05) is 4.90 Å². The van der Waals surface area contributed by atoms with E-state index in [1.807, 2.05) is 0 Å². The molecular formula is C58H53NO. The lowest BCUT2D eigenvalue weighted by molar-refractivity contribution is -0.235. The van der Waals surface area contributed by atoms with E-state index >= 15 is 0 Å². The number of hydrogen-bond donors (Lipinski definition) is 0. The maximum atomic E-state index is 6.88. The van der Waals surface area contributed by atoms with E-state index in [0.29, 0.717) is 17.3 Å². The molecule has 0 saturated heterocycles. The van der Waals surface area contributed by atoms with Gasteiger partial charge in [-0.15, -0.1) is 0 Å². The van der Waals surface area contributed by atoms with Gasteiger partial charge in [0.05, 0.1) is 0 Å². The van der Waals surface area contributed by atoms with Gasteiger partial charge in [-0.1, -0.05) is 125 Å². The second-order valence-electron chi connectivity index (χ2n) is 20.9. The van der Waals surface area contributed by atoms with Gasteiger partial charge in [-0.05, 0) is 177 Å². The fraction of sp³-hybridized carbons (Fsp3) is 0.310. The van der Waals surface area contributed by atoms with Crippen molar-refractivity contribution in [3.05, 3.63) is 174 Å². The van der Waals surface area contributed by atoms with Gasteiger partial charge in [-0.25, -0.2) is 0 Å². The van der Waals surface area contributed by atoms with Crippen LogP contribution in [0.15, 0.2) is 152 Å². The summed E-state index contributed by atoms with van der Waals surface area (Å²) in [5.74, 6) is 5.35. The van der Waals surface area contributed by atoms with Gasteiger partial charge in [0, 0.05) is 33.6 Å². The predicted octanol–water partition coefficient (Wildman–Crippen LogP) is 15.5. The van der Waals surface area contributed by atoms with Crippen LogP contribution in [0, 0.1) is 29.1 Å². The Kier molecular flexibility index (Phi) is 7.05. The number of nitrogens with zero attached hydrogens (tertiary/aromatic N) is 1. The van der Waals surface area contributed by atoms with Crippen LogP contribution in [0.2, 0.25) is 0 Å². The van der Waals surface area contributed by atoms with Crippen molar-refractivity contribution < 1.29 is 4.74 Å². The molecule has 6 aliphatic rings. The Labute approximate surface area is 355 Å². The lowest BCUT2D eigenvalue weighted by Gasteiger charge is -2.77. The van der Waals surface area contributed by atoms with E-state index in [9.17, 15) is 0 Å². The van der Waals surface area contributed by atoms with Crippen molar-refractivity contribution in [1.82, 2.24) is 0 Å². The molecule has 296 valence electrons. The summed E-state index contributed by atoms with van der Waals surface area (Å²) < 4.78 is 6.88. The van der Waals surface area contributed by atoms with Crippen LogP contribution >= 0.6 is 0 Å². The molecule has 0 radical (unpaired) electrons. The van der Waals surface area contributed by atoms with Crippen LogP contribution in [0.3, 0.4) is 0 Å². The van der Waals surface area contributed by atoms with Crippen molar-refractivity contribution in [2.45, 2.75) is 82.5 Å². The number of fused-ring (bicyclic) bond motifs is 9. The van der Waals surface area contributed by atoms with Crippen LogP contribution in [0.4, 0.5) is 17.1 Å². The maximum absolute atomic E-state index is 6.88. The Balaban J connectivity index is 0.961. The number of hydrogen-bond acceptors (Lipinski definition) is 2. The van der Waals surface area contributed by atoms with E-state index in [0.717, 1.165) is 29.0 Å². The summed E-state index contributed by atoms with van der Waals surface area (Å²) in [7, 11) is 0. The van der Waals surface area contributed by atoms with E-state index in [1.165, 1.54) is 105 Å². The highest BCUT2D eigenvalue weighted by atomic mass is 16.5. The highest BCUT2D eigenvalue weighted by molar-refractivity contribution is 5.88. The Morgan fingerprint density at radius 3 is 1.98 bits per heavy atom. The van der Waals surface area contributed by atoms with Crippen molar-refractivity contribution in [3.63, 3.8) is 0 Å². The third-order valence-electron chi connectivity index (χ3n) is 17.2. The molecule has 0 aromatic heterocycles. The van der Waals surface area contributed by atoms with Gasteiger partial charge in [-0.3, -0.25) is 0 Å². The average molecular weight is 780 g/mol. The number of anilines is 3. The number of para-hydroxylation sites is 1. The highest BCUT2D eigenvalue weighted by Crippen LogP contribution is 2.89. The average Bonchev–Trinajstić information content (AvgIpc) is 3.81. The van der Waals surface area contributed by atoms with Gasteiger partial charge in [0.1, 0.15) is 11.5 Å². The second-order valence-corrected chi connectivity index (χ2v) is 20.9. The third-order valence-corrected chi connectivity index (χ3v) is 17.2. The Morgan fingerprint density at radius 2 is 1.13 bits per heavy atom. The fourth-order valence-electron chi connectivity index (χ4n) is 14.4. The molecule has 7 aromatic rings. The minimum Gasteiger partial charge on any atom is -0.457 e. The molecule has 1 aliphatic heterocycles. The summed E-state index contributed by atoms with van der Waals surface area (Å²) in [5, 5.41) is 2.54. The maximum Gasteiger partial charge on any atom is 0.131 e. The first kappa shape index (κ1) is 35.2. The van der Waals surface area contributed by atoms with Crippen LogP contribution in [-0.4, -0.2) is 0 Å². The van der Waals surface area contributed by atoms with Crippen molar-refractivity contribution in [1.29, 1.82) is 0 Å². The van der Waals surface area contributed by atoms with Crippen molar-refractivity contribution >= 4 is 27.8 Å². The number of rotatable bonds is 5. The van der Waals surface area contributed by atoms with Gasteiger partial charge in [0.25, 0.3) is 0 Å². The minimum atomic E-state index is 0.0169. The van der Waals surface area contributed by atoms with Gasteiger partial charge < -0.3 is 9.64 Å². The molecule has 4 saturated carbocycles. The molecule has 1 heterocycles. The second kappa shape index (κ2) is 12.0. The van der Waals surface area contributed by atoms with E-state index in [4.69, 9.17) is 4.74 Å². The monoisotopic (exact) mass is 779 g/mol. The molecule has 60 heavy (non-hydrogen) atoms. The lowest BCUT2D eigenvalue weighted by Crippen LogP contribution is -2.74. The first-order chi connectivity index (χ1) is 29.1. The summed E-state index contributed by atoms with van der Waals surface area (Å²) in [6.45, 7) is 9.70. The van der Waals surface area contributed by atoms with E-state index in [1.54, 1.807) is 0 Å². The summed E-state index contributed by atoms with van der Waals surface area (Å²) >= 11 is 0. The summed E-state index contributed by atoms with van der Waals surface area (Å²) in [4.78, 5) is 2.51. The molecule has 6 unspecified atom stereocenters. The number of benzene rings is 7. The first-order valence-electron chi connectivity index (χ1n) is 22.7. The smallest absolute Gasteiger partial charge is 0.131 e. The third kappa shape index (κ3) is 4.60. The first-order valence-corrected chi connectivity index (χ1v) is 22.7. The predicted molar refractivity (Wildman–Crippen MR) is 247 cm³/mol. The van der Waals surface area contributed by atoms with Gasteiger partial charge >= 0.3 is 0 Å². The zero-order valence-corrected chi connectivity index (χ0v) is 35.3. The SMILES string of the molecule is CC1(C)CCC(C)(C)c2cc(-c3cccc(N(c4ccc(-c5ccc6ccccc6c5)cc4)c4ccc5c(c4)C4(c6ccccc6O5)C5CC6CC7CC4C75C6)c3)ccc21. The minimum absolute atomic E-state index is 0.0169. The van der Waals surface area contributed by atoms with Gasteiger partial charge in [0.15, 0.2) is 0 Å². The largest absolute Gasteiger partial charge is 0.457 e. The molecule has 13 rings (SSSR count). The molecule has 5 aliphatic carbocycles. The normalized spacial score (nSPS) is 27.8. The molecule has 4 fully saturated rings.